The molecule has 0 saturated carbocycles. The van der Waals surface area contributed by atoms with Crippen LogP contribution in [0, 0.1) is 16.0 Å². The van der Waals surface area contributed by atoms with E-state index in [4.69, 9.17) is 16.7 Å². The zero-order valence-corrected chi connectivity index (χ0v) is 11.9. The van der Waals surface area contributed by atoms with Crippen LogP contribution in [-0.2, 0) is 11.2 Å². The van der Waals surface area contributed by atoms with Crippen molar-refractivity contribution in [1.29, 1.82) is 0 Å². The van der Waals surface area contributed by atoms with Crippen molar-refractivity contribution in [3.05, 3.63) is 38.9 Å². The minimum absolute atomic E-state index is 0.0721. The molecule has 1 atom stereocenters. The van der Waals surface area contributed by atoms with Gasteiger partial charge in [-0.2, -0.15) is 0 Å². The van der Waals surface area contributed by atoms with Crippen molar-refractivity contribution in [3.63, 3.8) is 0 Å². The maximum Gasteiger partial charge on any atom is 0.270 e. The van der Waals surface area contributed by atoms with E-state index >= 15 is 0 Å². The molecule has 1 amide bonds. The molecule has 1 unspecified atom stereocenters. The standard InChI is InChI=1S/C13H17ClN2O4/c1-9(4-5-17)8-15-13(18)6-10-2-3-11(16(19)20)7-12(10)14/h2-3,7,9,17H,4-6,8H2,1H3,(H,15,18). The molecule has 0 radical (unpaired) electrons. The molecule has 1 aromatic carbocycles. The number of aliphatic hydroxyl groups excluding tert-OH is 1. The van der Waals surface area contributed by atoms with Crippen LogP contribution in [-0.4, -0.2) is 29.1 Å². The average molecular weight is 301 g/mol. The van der Waals surface area contributed by atoms with Gasteiger partial charge in [0, 0.05) is 25.3 Å². The maximum absolute atomic E-state index is 11.7. The second-order valence-corrected chi connectivity index (χ2v) is 5.04. The molecule has 7 heteroatoms. The van der Waals surface area contributed by atoms with E-state index in [0.29, 0.717) is 18.5 Å². The predicted molar refractivity (Wildman–Crippen MR) is 75.7 cm³/mol. The number of benzene rings is 1. The van der Waals surface area contributed by atoms with Crippen LogP contribution in [0.2, 0.25) is 5.02 Å². The molecule has 1 aromatic rings. The topological polar surface area (TPSA) is 92.5 Å². The quantitative estimate of drug-likeness (QED) is 0.594. The molecule has 0 aromatic heterocycles. The fourth-order valence-electron chi connectivity index (χ4n) is 1.64. The Balaban J connectivity index is 2.56. The summed E-state index contributed by atoms with van der Waals surface area (Å²) in [6, 6.07) is 4.04. The van der Waals surface area contributed by atoms with Gasteiger partial charge in [0.2, 0.25) is 5.91 Å². The lowest BCUT2D eigenvalue weighted by Crippen LogP contribution is -2.30. The SMILES string of the molecule is CC(CCO)CNC(=O)Cc1ccc([N+](=O)[O-])cc1Cl. The molecule has 1 rings (SSSR count). The van der Waals surface area contributed by atoms with E-state index < -0.39 is 4.92 Å². The summed E-state index contributed by atoms with van der Waals surface area (Å²) in [5.41, 5.74) is 0.445. The van der Waals surface area contributed by atoms with Gasteiger partial charge in [-0.25, -0.2) is 0 Å². The molecule has 0 fully saturated rings. The summed E-state index contributed by atoms with van der Waals surface area (Å²) in [4.78, 5) is 21.8. The Morgan fingerprint density at radius 3 is 2.80 bits per heavy atom. The first-order chi connectivity index (χ1) is 9.43. The van der Waals surface area contributed by atoms with Crippen molar-refractivity contribution in [2.75, 3.05) is 13.2 Å². The van der Waals surface area contributed by atoms with E-state index in [1.165, 1.54) is 18.2 Å². The summed E-state index contributed by atoms with van der Waals surface area (Å²) in [5, 5.41) is 22.3. The largest absolute Gasteiger partial charge is 0.396 e. The summed E-state index contributed by atoms with van der Waals surface area (Å²) in [6.07, 6.45) is 0.696. The molecule has 0 heterocycles. The monoisotopic (exact) mass is 300 g/mol. The van der Waals surface area contributed by atoms with Crippen molar-refractivity contribution in [2.24, 2.45) is 5.92 Å². The number of non-ortho nitro benzene ring substituents is 1. The van der Waals surface area contributed by atoms with Crippen LogP contribution in [0.1, 0.15) is 18.9 Å². The normalized spacial score (nSPS) is 11.9. The number of carbonyl (C=O) groups excluding carboxylic acids is 1. The number of hydrogen-bond acceptors (Lipinski definition) is 4. The van der Waals surface area contributed by atoms with Crippen molar-refractivity contribution < 1.29 is 14.8 Å². The van der Waals surface area contributed by atoms with Crippen LogP contribution in [0.5, 0.6) is 0 Å². The van der Waals surface area contributed by atoms with Gasteiger partial charge in [-0.3, -0.25) is 14.9 Å². The van der Waals surface area contributed by atoms with Crippen LogP contribution >= 0.6 is 11.6 Å². The highest BCUT2D eigenvalue weighted by Crippen LogP contribution is 2.22. The van der Waals surface area contributed by atoms with Gasteiger partial charge in [-0.1, -0.05) is 24.6 Å². The number of hydrogen-bond donors (Lipinski definition) is 2. The molecule has 0 aliphatic heterocycles. The molecule has 0 aliphatic carbocycles. The summed E-state index contributed by atoms with van der Waals surface area (Å²) in [6.45, 7) is 2.49. The van der Waals surface area contributed by atoms with E-state index in [-0.39, 0.29) is 35.6 Å². The molecule has 2 N–H and O–H groups in total. The van der Waals surface area contributed by atoms with Crippen molar-refractivity contribution in [3.8, 4) is 0 Å². The first kappa shape index (κ1) is 16.4. The van der Waals surface area contributed by atoms with Gasteiger partial charge in [0.15, 0.2) is 0 Å². The van der Waals surface area contributed by atoms with Crippen molar-refractivity contribution in [1.82, 2.24) is 5.32 Å². The van der Waals surface area contributed by atoms with Gasteiger partial charge in [0.05, 0.1) is 16.4 Å². The predicted octanol–water partition coefficient (Wildman–Crippen LogP) is 1.93. The zero-order chi connectivity index (χ0) is 15.1. The second kappa shape index (κ2) is 7.81. The molecule has 0 aliphatic rings. The van der Waals surface area contributed by atoms with Gasteiger partial charge in [0.25, 0.3) is 5.69 Å². The van der Waals surface area contributed by atoms with E-state index in [2.05, 4.69) is 5.32 Å². The first-order valence-electron chi connectivity index (χ1n) is 6.24. The highest BCUT2D eigenvalue weighted by molar-refractivity contribution is 6.31. The van der Waals surface area contributed by atoms with Gasteiger partial charge >= 0.3 is 0 Å². The fraction of sp³-hybridized carbons (Fsp3) is 0.462. The zero-order valence-electron chi connectivity index (χ0n) is 11.1. The minimum Gasteiger partial charge on any atom is -0.396 e. The van der Waals surface area contributed by atoms with Gasteiger partial charge in [-0.15, -0.1) is 0 Å². The molecule has 0 spiro atoms. The highest BCUT2D eigenvalue weighted by atomic mass is 35.5. The molecular formula is C13H17ClN2O4. The highest BCUT2D eigenvalue weighted by Gasteiger charge is 2.12. The number of nitrogens with one attached hydrogen (secondary N) is 1. The Hall–Kier alpha value is -1.66. The number of carbonyl (C=O) groups is 1. The summed E-state index contributed by atoms with van der Waals surface area (Å²) >= 11 is 5.91. The number of halogens is 1. The van der Waals surface area contributed by atoms with Crippen LogP contribution < -0.4 is 5.32 Å². The third kappa shape index (κ3) is 5.14. The second-order valence-electron chi connectivity index (χ2n) is 4.63. The summed E-state index contributed by atoms with van der Waals surface area (Å²) in [5.74, 6) is -0.0122. The Kier molecular flexibility index (Phi) is 6.41. The molecule has 6 nitrogen and oxygen atoms in total. The summed E-state index contributed by atoms with van der Waals surface area (Å²) in [7, 11) is 0. The van der Waals surface area contributed by atoms with Gasteiger partial charge in [-0.05, 0) is 17.9 Å². The number of nitro benzene ring substituents is 1. The molecule has 0 saturated heterocycles. The Morgan fingerprint density at radius 2 is 2.25 bits per heavy atom. The number of rotatable bonds is 7. The third-order valence-corrected chi connectivity index (χ3v) is 3.22. The van der Waals surface area contributed by atoms with E-state index in [9.17, 15) is 14.9 Å². The van der Waals surface area contributed by atoms with E-state index in [1.54, 1.807) is 0 Å². The van der Waals surface area contributed by atoms with Crippen molar-refractivity contribution in [2.45, 2.75) is 19.8 Å². The van der Waals surface area contributed by atoms with Crippen LogP contribution in [0.3, 0.4) is 0 Å². The molecule has 0 bridgehead atoms. The number of nitrogens with zero attached hydrogens (tertiary/aromatic N) is 1. The fourth-order valence-corrected chi connectivity index (χ4v) is 1.88. The Labute approximate surface area is 121 Å². The van der Waals surface area contributed by atoms with E-state index in [1.807, 2.05) is 6.92 Å². The lowest BCUT2D eigenvalue weighted by molar-refractivity contribution is -0.384. The Morgan fingerprint density at radius 1 is 1.55 bits per heavy atom. The molecule has 20 heavy (non-hydrogen) atoms. The Bertz CT molecular complexity index is 493. The maximum atomic E-state index is 11.7. The van der Waals surface area contributed by atoms with Crippen LogP contribution in [0.15, 0.2) is 18.2 Å². The summed E-state index contributed by atoms with van der Waals surface area (Å²) < 4.78 is 0. The number of nitro groups is 1. The smallest absolute Gasteiger partial charge is 0.270 e. The average Bonchev–Trinajstić information content (AvgIpc) is 2.39. The third-order valence-electron chi connectivity index (χ3n) is 2.87. The molecule has 110 valence electrons. The number of aliphatic hydroxyl groups is 1. The lowest BCUT2D eigenvalue weighted by Gasteiger charge is -2.11. The number of amides is 1. The minimum atomic E-state index is -0.535. The first-order valence-corrected chi connectivity index (χ1v) is 6.62. The van der Waals surface area contributed by atoms with Crippen LogP contribution in [0.25, 0.3) is 0 Å². The van der Waals surface area contributed by atoms with E-state index in [0.717, 1.165) is 0 Å². The molecular weight excluding hydrogens is 284 g/mol. The van der Waals surface area contributed by atoms with Crippen LogP contribution in [0.4, 0.5) is 5.69 Å². The van der Waals surface area contributed by atoms with Crippen molar-refractivity contribution >= 4 is 23.2 Å². The lowest BCUT2D eigenvalue weighted by atomic mass is 10.1. The van der Waals surface area contributed by atoms with Gasteiger partial charge in [0.1, 0.15) is 0 Å². The van der Waals surface area contributed by atoms with Gasteiger partial charge < -0.3 is 10.4 Å².